The third-order valence-corrected chi connectivity index (χ3v) is 6.20. The largest absolute Gasteiger partial charge is 0.369 e. The Bertz CT molecular complexity index is 436. The molecule has 21 heavy (non-hydrogen) atoms. The van der Waals surface area contributed by atoms with Crippen molar-refractivity contribution in [1.82, 2.24) is 4.90 Å². The first-order valence-corrected chi connectivity index (χ1v) is 9.50. The van der Waals surface area contributed by atoms with Gasteiger partial charge in [-0.1, -0.05) is 22.6 Å². The van der Waals surface area contributed by atoms with Gasteiger partial charge in [-0.2, -0.15) is 0 Å². The minimum absolute atomic E-state index is 0.0330. The normalized spacial score (nSPS) is 31.5. The lowest BCUT2D eigenvalue weighted by molar-refractivity contribution is -0.139. The van der Waals surface area contributed by atoms with E-state index in [1.54, 1.807) is 11.8 Å². The lowest BCUT2D eigenvalue weighted by atomic mass is 9.81. The number of halogens is 1. The molecule has 2 rings (SSSR count). The van der Waals surface area contributed by atoms with Crippen molar-refractivity contribution in [2.75, 3.05) is 6.54 Å². The molecule has 2 atom stereocenters. The van der Waals surface area contributed by atoms with Gasteiger partial charge in [0.05, 0.1) is 8.51 Å². The molecule has 118 valence electrons. The molecule has 0 aromatic carbocycles. The third kappa shape index (κ3) is 4.34. The van der Waals surface area contributed by atoms with Crippen LogP contribution in [0.25, 0.3) is 0 Å². The Hall–Kier alpha value is -0.310. The van der Waals surface area contributed by atoms with Crippen LogP contribution in [0.4, 0.5) is 0 Å². The van der Waals surface area contributed by atoms with Crippen LogP contribution in [0, 0.1) is 11.8 Å². The summed E-state index contributed by atoms with van der Waals surface area (Å²) in [6.45, 7) is 2.53. The van der Waals surface area contributed by atoms with Crippen LogP contribution in [0.5, 0.6) is 0 Å². The molecule has 0 bridgehead atoms. The third-order valence-electron chi connectivity index (χ3n) is 4.24. The smallest absolute Gasteiger partial charge is 0.242 e. The highest BCUT2D eigenvalue weighted by molar-refractivity contribution is 14.1. The van der Waals surface area contributed by atoms with Gasteiger partial charge in [-0.15, -0.1) is 11.8 Å². The van der Waals surface area contributed by atoms with Gasteiger partial charge >= 0.3 is 0 Å². The number of hydrogen-bond acceptors (Lipinski definition) is 4. The fourth-order valence-electron chi connectivity index (χ4n) is 3.07. The van der Waals surface area contributed by atoms with Crippen molar-refractivity contribution in [3.63, 3.8) is 0 Å². The van der Waals surface area contributed by atoms with Crippen LogP contribution in [-0.4, -0.2) is 37.7 Å². The van der Waals surface area contributed by atoms with E-state index in [9.17, 15) is 14.4 Å². The van der Waals surface area contributed by atoms with Crippen molar-refractivity contribution in [3.8, 4) is 0 Å². The number of primary amides is 1. The predicted octanol–water partition coefficient (Wildman–Crippen LogP) is 1.92. The molecule has 2 unspecified atom stereocenters. The van der Waals surface area contributed by atoms with Gasteiger partial charge in [0.25, 0.3) is 0 Å². The summed E-state index contributed by atoms with van der Waals surface area (Å²) in [4.78, 5) is 36.9. The van der Waals surface area contributed by atoms with Crippen LogP contribution in [0.2, 0.25) is 0 Å². The summed E-state index contributed by atoms with van der Waals surface area (Å²) >= 11 is 3.81. The fraction of sp³-hybridized carbons (Fsp3) is 0.786. The number of rotatable bonds is 5. The SMILES string of the molecule is CC(I)SC1CC(=O)N(CC2CCC(C(N)=O)CC2)C1=O. The van der Waals surface area contributed by atoms with E-state index in [2.05, 4.69) is 22.6 Å². The molecule has 2 N–H and O–H groups in total. The van der Waals surface area contributed by atoms with Gasteiger partial charge in [0, 0.05) is 18.9 Å². The average molecular weight is 424 g/mol. The molecule has 1 aliphatic carbocycles. The summed E-state index contributed by atoms with van der Waals surface area (Å²) in [5.41, 5.74) is 5.32. The molecule has 0 aromatic rings. The summed E-state index contributed by atoms with van der Waals surface area (Å²) in [6.07, 6.45) is 3.61. The fourth-order valence-corrected chi connectivity index (χ4v) is 5.06. The Morgan fingerprint density at radius 3 is 2.52 bits per heavy atom. The van der Waals surface area contributed by atoms with Gasteiger partial charge in [0.15, 0.2) is 0 Å². The van der Waals surface area contributed by atoms with Crippen LogP contribution in [-0.2, 0) is 14.4 Å². The van der Waals surface area contributed by atoms with Crippen LogP contribution >= 0.6 is 34.4 Å². The molecule has 2 aliphatic rings. The topological polar surface area (TPSA) is 80.5 Å². The molecule has 1 heterocycles. The average Bonchev–Trinajstić information content (AvgIpc) is 2.66. The zero-order chi connectivity index (χ0) is 15.6. The Balaban J connectivity index is 1.87. The van der Waals surface area contributed by atoms with Gasteiger partial charge in [-0.25, -0.2) is 0 Å². The van der Waals surface area contributed by atoms with Crippen molar-refractivity contribution in [3.05, 3.63) is 0 Å². The Labute approximate surface area is 142 Å². The molecule has 3 amide bonds. The van der Waals surface area contributed by atoms with Crippen LogP contribution in [0.1, 0.15) is 39.0 Å². The molecule has 0 spiro atoms. The Morgan fingerprint density at radius 2 is 2.00 bits per heavy atom. The van der Waals surface area contributed by atoms with Crippen molar-refractivity contribution in [2.45, 2.75) is 47.5 Å². The van der Waals surface area contributed by atoms with E-state index in [0.29, 0.717) is 22.1 Å². The number of imide groups is 1. The summed E-state index contributed by atoms with van der Waals surface area (Å²) in [7, 11) is 0. The maximum absolute atomic E-state index is 12.3. The van der Waals surface area contributed by atoms with Crippen LogP contribution < -0.4 is 5.73 Å². The van der Waals surface area contributed by atoms with E-state index in [1.807, 2.05) is 6.92 Å². The van der Waals surface area contributed by atoms with Gasteiger partial charge < -0.3 is 5.73 Å². The van der Waals surface area contributed by atoms with Crippen molar-refractivity contribution < 1.29 is 14.4 Å². The highest BCUT2D eigenvalue weighted by atomic mass is 127. The molecule has 0 aromatic heterocycles. The first kappa shape index (κ1) is 17.1. The standard InChI is InChI=1S/C14H21IN2O3S/c1-8(15)21-11-6-12(18)17(14(11)20)7-9-2-4-10(5-3-9)13(16)19/h8-11H,2-7H2,1H3,(H2,16,19). The van der Waals surface area contributed by atoms with Crippen LogP contribution in [0.15, 0.2) is 0 Å². The van der Waals surface area contributed by atoms with E-state index in [-0.39, 0.29) is 28.9 Å². The van der Waals surface area contributed by atoms with Gasteiger partial charge in [-0.05, 0) is 38.5 Å². The highest BCUT2D eigenvalue weighted by Crippen LogP contribution is 2.34. The molecule has 0 radical (unpaired) electrons. The molecule has 2 fully saturated rings. The first-order valence-electron chi connectivity index (χ1n) is 7.31. The summed E-state index contributed by atoms with van der Waals surface area (Å²) < 4.78 is 0.315. The van der Waals surface area contributed by atoms with E-state index < -0.39 is 0 Å². The van der Waals surface area contributed by atoms with Crippen LogP contribution in [0.3, 0.4) is 0 Å². The van der Waals surface area contributed by atoms with Crippen molar-refractivity contribution in [2.24, 2.45) is 17.6 Å². The number of alkyl halides is 1. The second-order valence-corrected chi connectivity index (χ2v) is 10.1. The molecule has 7 heteroatoms. The molecule has 1 aliphatic heterocycles. The molecule has 1 saturated carbocycles. The van der Waals surface area contributed by atoms with Gasteiger partial charge in [-0.3, -0.25) is 19.3 Å². The maximum atomic E-state index is 12.3. The lowest BCUT2D eigenvalue weighted by Crippen LogP contribution is -2.38. The minimum atomic E-state index is -0.228. The van der Waals surface area contributed by atoms with Gasteiger partial charge in [0.1, 0.15) is 0 Å². The number of carbonyl (C=O) groups is 3. The maximum Gasteiger partial charge on any atom is 0.242 e. The number of nitrogens with zero attached hydrogens (tertiary/aromatic N) is 1. The van der Waals surface area contributed by atoms with Crippen molar-refractivity contribution in [1.29, 1.82) is 0 Å². The number of amides is 3. The van der Waals surface area contributed by atoms with E-state index >= 15 is 0 Å². The van der Waals surface area contributed by atoms with E-state index in [4.69, 9.17) is 5.73 Å². The second kappa shape index (κ2) is 7.30. The molecule has 1 saturated heterocycles. The summed E-state index contributed by atoms with van der Waals surface area (Å²) in [5, 5.41) is -0.216. The minimum Gasteiger partial charge on any atom is -0.369 e. The van der Waals surface area contributed by atoms with Gasteiger partial charge in [0.2, 0.25) is 17.7 Å². The predicted molar refractivity (Wildman–Crippen MR) is 90.8 cm³/mol. The molecular formula is C14H21IN2O3S. The monoisotopic (exact) mass is 424 g/mol. The summed E-state index contributed by atoms with van der Waals surface area (Å²) in [6, 6.07) is 0. The number of nitrogens with two attached hydrogens (primary N) is 1. The zero-order valence-electron chi connectivity index (χ0n) is 12.1. The number of carbonyl (C=O) groups excluding carboxylic acids is 3. The number of thioether (sulfide) groups is 1. The number of likely N-dealkylation sites (tertiary alicyclic amines) is 1. The quantitative estimate of drug-likeness (QED) is 0.416. The first-order chi connectivity index (χ1) is 9.88. The lowest BCUT2D eigenvalue weighted by Gasteiger charge is -2.29. The zero-order valence-corrected chi connectivity index (χ0v) is 15.1. The Morgan fingerprint density at radius 1 is 1.38 bits per heavy atom. The Kier molecular flexibility index (Phi) is 5.93. The van der Waals surface area contributed by atoms with Crippen molar-refractivity contribution >= 4 is 52.1 Å². The van der Waals surface area contributed by atoms with E-state index in [1.165, 1.54) is 4.90 Å². The molecular weight excluding hydrogens is 403 g/mol. The number of hydrogen-bond donors (Lipinski definition) is 1. The summed E-state index contributed by atoms with van der Waals surface area (Å²) in [5.74, 6) is -0.0323. The highest BCUT2D eigenvalue weighted by Gasteiger charge is 2.40. The van der Waals surface area contributed by atoms with E-state index in [0.717, 1.165) is 25.7 Å². The second-order valence-electron chi connectivity index (χ2n) is 5.83. The molecule has 5 nitrogen and oxygen atoms in total.